The van der Waals surface area contributed by atoms with Crippen LogP contribution in [0.2, 0.25) is 5.02 Å². The van der Waals surface area contributed by atoms with Crippen LogP contribution in [0.1, 0.15) is 59.5 Å². The molecular formula is C31H30ClNO4. The molecule has 4 aromatic rings. The van der Waals surface area contributed by atoms with Crippen molar-refractivity contribution in [2.75, 3.05) is 13.2 Å². The molecule has 0 aliphatic carbocycles. The number of para-hydroxylation sites is 1. The number of carboxylic acid groups (broad SMARTS) is 1. The zero-order valence-electron chi connectivity index (χ0n) is 20.8. The molecule has 0 aliphatic heterocycles. The lowest BCUT2D eigenvalue weighted by molar-refractivity contribution is 0.0167. The van der Waals surface area contributed by atoms with Crippen LogP contribution in [0.4, 0.5) is 0 Å². The van der Waals surface area contributed by atoms with Crippen LogP contribution < -0.4 is 4.74 Å². The lowest BCUT2D eigenvalue weighted by atomic mass is 10.1. The third-order valence-electron chi connectivity index (χ3n) is 5.98. The van der Waals surface area contributed by atoms with E-state index in [0.29, 0.717) is 17.4 Å². The molecule has 0 spiro atoms. The van der Waals surface area contributed by atoms with Gasteiger partial charge in [0.05, 0.1) is 11.2 Å². The second-order valence-corrected chi connectivity index (χ2v) is 9.19. The summed E-state index contributed by atoms with van der Waals surface area (Å²) in [7, 11) is 0. The van der Waals surface area contributed by atoms with Crippen LogP contribution in [0.15, 0.2) is 78.9 Å². The molecular weight excluding hydrogens is 486 g/mol. The van der Waals surface area contributed by atoms with Crippen molar-refractivity contribution in [2.24, 2.45) is 0 Å². The Kier molecular flexibility index (Phi) is 9.30. The van der Waals surface area contributed by atoms with E-state index in [4.69, 9.17) is 21.1 Å². The number of nitrogens with zero attached hydrogens (tertiary/aromatic N) is 1. The van der Waals surface area contributed by atoms with E-state index in [2.05, 4.69) is 18.0 Å². The number of hydrogen-bond donors (Lipinski definition) is 1. The van der Waals surface area contributed by atoms with Crippen LogP contribution in [0.5, 0.6) is 5.75 Å². The monoisotopic (exact) mass is 515 g/mol. The minimum Gasteiger partial charge on any atom is -0.490 e. The highest BCUT2D eigenvalue weighted by molar-refractivity contribution is 6.31. The minimum atomic E-state index is -1.02. The van der Waals surface area contributed by atoms with Crippen LogP contribution in [0.3, 0.4) is 0 Å². The van der Waals surface area contributed by atoms with Crippen LogP contribution >= 0.6 is 11.6 Å². The van der Waals surface area contributed by atoms with Gasteiger partial charge in [0.25, 0.3) is 0 Å². The van der Waals surface area contributed by atoms with E-state index in [1.807, 2.05) is 60.7 Å². The molecule has 0 fully saturated rings. The summed E-state index contributed by atoms with van der Waals surface area (Å²) in [5.74, 6) is -0.691. The number of unbranched alkanes of at least 4 members (excludes halogenated alkanes) is 2. The first-order valence-electron chi connectivity index (χ1n) is 12.4. The van der Waals surface area contributed by atoms with Gasteiger partial charge in [0.15, 0.2) is 0 Å². The molecule has 1 aromatic heterocycles. The van der Waals surface area contributed by atoms with Crippen molar-refractivity contribution in [1.82, 2.24) is 4.98 Å². The number of aromatic carboxylic acids is 1. The standard InChI is InChI=1S/C31H30ClNO4/c1-2-3-6-18-36-30(21-37-29-11-5-4-10-27(29)31(34)35)24-9-7-8-22(19-24)12-16-26-17-14-23-13-15-25(32)20-28(23)33-26/h4-5,7-17,19-20,30H,2-3,6,18,21H2,1H3,(H,34,35)/b16-12+. The fourth-order valence-electron chi connectivity index (χ4n) is 4.00. The zero-order chi connectivity index (χ0) is 26.0. The van der Waals surface area contributed by atoms with Crippen molar-refractivity contribution >= 4 is 40.6 Å². The zero-order valence-corrected chi connectivity index (χ0v) is 21.5. The number of fused-ring (bicyclic) bond motifs is 1. The molecule has 1 unspecified atom stereocenters. The highest BCUT2D eigenvalue weighted by Crippen LogP contribution is 2.25. The van der Waals surface area contributed by atoms with Crippen molar-refractivity contribution in [3.05, 3.63) is 106 Å². The fourth-order valence-corrected chi connectivity index (χ4v) is 4.16. The van der Waals surface area contributed by atoms with Gasteiger partial charge in [-0.2, -0.15) is 0 Å². The summed E-state index contributed by atoms with van der Waals surface area (Å²) in [4.78, 5) is 16.3. The van der Waals surface area contributed by atoms with E-state index in [1.54, 1.807) is 18.2 Å². The molecule has 5 nitrogen and oxygen atoms in total. The number of ether oxygens (including phenoxy) is 2. The van der Waals surface area contributed by atoms with E-state index in [9.17, 15) is 9.90 Å². The van der Waals surface area contributed by atoms with Crippen molar-refractivity contribution in [3.8, 4) is 5.75 Å². The number of benzene rings is 3. The Labute approximate surface area is 222 Å². The Morgan fingerprint density at radius 2 is 1.84 bits per heavy atom. The quantitative estimate of drug-likeness (QED) is 0.193. The first kappa shape index (κ1) is 26.4. The number of halogens is 1. The fraction of sp³-hybridized carbons (Fsp3) is 0.226. The molecule has 190 valence electrons. The van der Waals surface area contributed by atoms with Gasteiger partial charge in [-0.3, -0.25) is 0 Å². The normalized spacial score (nSPS) is 12.2. The highest BCUT2D eigenvalue weighted by Gasteiger charge is 2.16. The molecule has 0 saturated heterocycles. The summed E-state index contributed by atoms with van der Waals surface area (Å²) in [6, 6.07) is 24.4. The summed E-state index contributed by atoms with van der Waals surface area (Å²) in [5.41, 5.74) is 3.78. The maximum atomic E-state index is 11.6. The second-order valence-electron chi connectivity index (χ2n) is 8.76. The summed E-state index contributed by atoms with van der Waals surface area (Å²) in [6.45, 7) is 2.96. The maximum absolute atomic E-state index is 11.6. The molecule has 0 amide bonds. The van der Waals surface area contributed by atoms with Crippen LogP contribution in [-0.2, 0) is 4.74 Å². The molecule has 0 aliphatic rings. The van der Waals surface area contributed by atoms with Gasteiger partial charge in [-0.05, 0) is 60.0 Å². The van der Waals surface area contributed by atoms with Crippen molar-refractivity contribution in [1.29, 1.82) is 0 Å². The Bertz CT molecular complexity index is 1380. The molecule has 0 saturated carbocycles. The number of carbonyl (C=O) groups is 1. The number of carboxylic acids is 1. The third kappa shape index (κ3) is 7.42. The summed E-state index contributed by atoms with van der Waals surface area (Å²) < 4.78 is 12.2. The summed E-state index contributed by atoms with van der Waals surface area (Å²) in [5, 5.41) is 11.2. The molecule has 37 heavy (non-hydrogen) atoms. The Morgan fingerprint density at radius 1 is 1.00 bits per heavy atom. The van der Waals surface area contributed by atoms with E-state index in [-0.39, 0.29) is 18.3 Å². The number of pyridine rings is 1. The van der Waals surface area contributed by atoms with Crippen LogP contribution in [-0.4, -0.2) is 29.3 Å². The van der Waals surface area contributed by atoms with Gasteiger partial charge in [0, 0.05) is 17.0 Å². The number of hydrogen-bond acceptors (Lipinski definition) is 4. The maximum Gasteiger partial charge on any atom is 0.339 e. The van der Waals surface area contributed by atoms with Gasteiger partial charge in [0.1, 0.15) is 24.0 Å². The molecule has 4 rings (SSSR count). The molecule has 0 bridgehead atoms. The first-order chi connectivity index (χ1) is 18.0. The molecule has 0 radical (unpaired) electrons. The molecule has 3 aromatic carbocycles. The van der Waals surface area contributed by atoms with Crippen LogP contribution in [0.25, 0.3) is 23.1 Å². The van der Waals surface area contributed by atoms with Gasteiger partial charge in [-0.1, -0.05) is 79.9 Å². The smallest absolute Gasteiger partial charge is 0.339 e. The van der Waals surface area contributed by atoms with E-state index >= 15 is 0 Å². The van der Waals surface area contributed by atoms with E-state index < -0.39 is 5.97 Å². The second kappa shape index (κ2) is 13.0. The van der Waals surface area contributed by atoms with Crippen LogP contribution in [0, 0.1) is 0 Å². The van der Waals surface area contributed by atoms with E-state index in [0.717, 1.165) is 47.0 Å². The van der Waals surface area contributed by atoms with Crippen molar-refractivity contribution in [3.63, 3.8) is 0 Å². The number of rotatable bonds is 12. The van der Waals surface area contributed by atoms with E-state index in [1.165, 1.54) is 6.07 Å². The topological polar surface area (TPSA) is 68.7 Å². The molecule has 1 atom stereocenters. The largest absolute Gasteiger partial charge is 0.490 e. The third-order valence-corrected chi connectivity index (χ3v) is 6.21. The average molecular weight is 516 g/mol. The Morgan fingerprint density at radius 3 is 2.68 bits per heavy atom. The van der Waals surface area contributed by atoms with Gasteiger partial charge >= 0.3 is 5.97 Å². The Balaban J connectivity index is 1.52. The van der Waals surface area contributed by atoms with Gasteiger partial charge in [-0.15, -0.1) is 0 Å². The summed E-state index contributed by atoms with van der Waals surface area (Å²) in [6.07, 6.45) is 6.78. The van der Waals surface area contributed by atoms with Gasteiger partial charge in [-0.25, -0.2) is 9.78 Å². The lowest BCUT2D eigenvalue weighted by Crippen LogP contribution is -2.16. The van der Waals surface area contributed by atoms with Gasteiger partial charge in [0.2, 0.25) is 0 Å². The predicted octanol–water partition coefficient (Wildman–Crippen LogP) is 8.08. The predicted molar refractivity (Wildman–Crippen MR) is 149 cm³/mol. The Hall–Kier alpha value is -3.67. The average Bonchev–Trinajstić information content (AvgIpc) is 2.91. The highest BCUT2D eigenvalue weighted by atomic mass is 35.5. The number of aromatic nitrogens is 1. The summed E-state index contributed by atoms with van der Waals surface area (Å²) >= 11 is 6.12. The van der Waals surface area contributed by atoms with Gasteiger partial charge < -0.3 is 14.6 Å². The molecule has 1 heterocycles. The SMILES string of the molecule is CCCCCOC(COc1ccccc1C(=O)O)c1cccc(/C=C/c2ccc3ccc(Cl)cc3n2)c1. The molecule has 1 N–H and O–H groups in total. The molecule has 6 heteroatoms. The van der Waals surface area contributed by atoms with Crippen molar-refractivity contribution < 1.29 is 19.4 Å². The lowest BCUT2D eigenvalue weighted by Gasteiger charge is -2.20. The minimum absolute atomic E-state index is 0.132. The first-order valence-corrected chi connectivity index (χ1v) is 12.8. The van der Waals surface area contributed by atoms with Crippen molar-refractivity contribution in [2.45, 2.75) is 32.3 Å².